The normalized spacial score (nSPS) is 22.1. The van der Waals surface area contributed by atoms with E-state index in [9.17, 15) is 14.4 Å². The summed E-state index contributed by atoms with van der Waals surface area (Å²) in [4.78, 5) is 34.5. The monoisotopic (exact) mass is 287 g/mol. The fraction of sp³-hybridized carbons (Fsp3) is 0.625. The summed E-state index contributed by atoms with van der Waals surface area (Å²) in [5, 5.41) is 8.65. The van der Waals surface area contributed by atoms with Gasteiger partial charge < -0.3 is 10.0 Å². The zero-order chi connectivity index (χ0) is 12.5. The number of carboxylic acid groups (broad SMARTS) is 1. The zero-order valence-corrected chi connectivity index (χ0v) is 10.2. The summed E-state index contributed by atoms with van der Waals surface area (Å²) in [6, 6.07) is 0. The van der Waals surface area contributed by atoms with Gasteiger partial charge in [0.25, 0.3) is 0 Å². The van der Waals surface area contributed by atoms with Crippen LogP contribution in [0, 0.1) is 5.92 Å². The Bertz CT molecular complexity index is 339. The number of hydrogen-bond donors (Lipinski definition) is 1. The maximum Gasteiger partial charge on any atom is 0.407 e. The molecule has 1 aliphatic heterocycles. The molecule has 8 heteroatoms. The molecule has 0 saturated carbocycles. The van der Waals surface area contributed by atoms with Crippen LogP contribution in [0.2, 0.25) is 0 Å². The lowest BCUT2D eigenvalue weighted by atomic mass is 9.92. The molecule has 1 rings (SSSR count). The number of halogens is 3. The molecule has 0 aliphatic carbocycles. The van der Waals surface area contributed by atoms with Gasteiger partial charge in [0.05, 0.1) is 12.5 Å². The van der Waals surface area contributed by atoms with Crippen LogP contribution in [0.5, 0.6) is 0 Å². The lowest BCUT2D eigenvalue weighted by Crippen LogP contribution is -2.48. The van der Waals surface area contributed by atoms with E-state index in [4.69, 9.17) is 39.9 Å². The summed E-state index contributed by atoms with van der Waals surface area (Å²) < 4.78 is -2.13. The Hall–Kier alpha value is -0.520. The van der Waals surface area contributed by atoms with Gasteiger partial charge in [0.15, 0.2) is 11.6 Å². The van der Waals surface area contributed by atoms with Crippen molar-refractivity contribution in [2.24, 2.45) is 5.92 Å². The van der Waals surface area contributed by atoms with E-state index in [0.29, 0.717) is 0 Å². The Morgan fingerprint density at radius 2 is 1.94 bits per heavy atom. The van der Waals surface area contributed by atoms with Crippen molar-refractivity contribution < 1.29 is 19.5 Å². The van der Waals surface area contributed by atoms with Crippen LogP contribution in [0.15, 0.2) is 0 Å². The second kappa shape index (κ2) is 4.77. The minimum atomic E-state index is -2.13. The summed E-state index contributed by atoms with van der Waals surface area (Å²) in [6.45, 7) is -0.259. The van der Waals surface area contributed by atoms with Crippen LogP contribution in [0.3, 0.4) is 0 Å². The van der Waals surface area contributed by atoms with Gasteiger partial charge in [0, 0.05) is 6.54 Å². The van der Waals surface area contributed by atoms with Crippen molar-refractivity contribution in [1.82, 2.24) is 4.90 Å². The van der Waals surface area contributed by atoms with Gasteiger partial charge in [0.1, 0.15) is 0 Å². The highest BCUT2D eigenvalue weighted by atomic mass is 35.6. The molecular weight excluding hydrogens is 280 g/mol. The van der Waals surface area contributed by atoms with Gasteiger partial charge in [-0.05, 0) is 6.42 Å². The lowest BCUT2D eigenvalue weighted by molar-refractivity contribution is -0.135. The summed E-state index contributed by atoms with van der Waals surface area (Å²) in [5.41, 5.74) is 0. The van der Waals surface area contributed by atoms with Crippen molar-refractivity contribution in [2.45, 2.75) is 10.2 Å². The number of rotatable bonds is 1. The van der Waals surface area contributed by atoms with Crippen molar-refractivity contribution in [3.63, 3.8) is 0 Å². The van der Waals surface area contributed by atoms with E-state index in [1.807, 2.05) is 0 Å². The van der Waals surface area contributed by atoms with Crippen LogP contribution in [0.25, 0.3) is 0 Å². The first-order valence-corrected chi connectivity index (χ1v) is 5.48. The second-order valence-corrected chi connectivity index (χ2v) is 5.65. The zero-order valence-electron chi connectivity index (χ0n) is 7.95. The van der Waals surface area contributed by atoms with Crippen molar-refractivity contribution >= 4 is 52.5 Å². The average molecular weight is 289 g/mol. The quantitative estimate of drug-likeness (QED) is 0.586. The van der Waals surface area contributed by atoms with E-state index in [1.54, 1.807) is 0 Å². The number of likely N-dealkylation sites (tertiary alicyclic amines) is 1. The molecule has 16 heavy (non-hydrogen) atoms. The van der Waals surface area contributed by atoms with E-state index in [0.717, 1.165) is 4.90 Å². The van der Waals surface area contributed by atoms with Crippen LogP contribution in [0.1, 0.15) is 6.42 Å². The molecule has 0 spiro atoms. The largest absolute Gasteiger partial charge is 0.465 e. The molecular formula is C8H8Cl3NO4. The number of carbonyl (C=O) groups excluding carboxylic acids is 2. The highest BCUT2D eigenvalue weighted by Crippen LogP contribution is 2.32. The van der Waals surface area contributed by atoms with Crippen molar-refractivity contribution in [2.75, 3.05) is 13.1 Å². The molecule has 1 unspecified atom stereocenters. The van der Waals surface area contributed by atoms with Crippen LogP contribution in [0.4, 0.5) is 4.79 Å². The summed E-state index contributed by atoms with van der Waals surface area (Å²) in [7, 11) is 0. The molecule has 1 heterocycles. The number of amides is 1. The first-order valence-electron chi connectivity index (χ1n) is 4.35. The van der Waals surface area contributed by atoms with E-state index in [-0.39, 0.29) is 19.5 Å². The van der Waals surface area contributed by atoms with Gasteiger partial charge in [-0.25, -0.2) is 4.79 Å². The molecule has 0 bridgehead atoms. The molecule has 0 radical (unpaired) electrons. The Labute approximate surface area is 106 Å². The van der Waals surface area contributed by atoms with Gasteiger partial charge >= 0.3 is 6.09 Å². The van der Waals surface area contributed by atoms with Crippen molar-refractivity contribution in [1.29, 1.82) is 0 Å². The van der Waals surface area contributed by atoms with Crippen LogP contribution in [-0.4, -0.2) is 44.5 Å². The Kier molecular flexibility index (Phi) is 4.04. The second-order valence-electron chi connectivity index (χ2n) is 3.37. The Morgan fingerprint density at radius 1 is 1.38 bits per heavy atom. The molecule has 1 amide bonds. The molecule has 1 saturated heterocycles. The fourth-order valence-corrected chi connectivity index (χ4v) is 1.86. The molecule has 1 fully saturated rings. The number of ketones is 2. The fourth-order valence-electron chi connectivity index (χ4n) is 1.46. The van der Waals surface area contributed by atoms with Crippen LogP contribution < -0.4 is 0 Å². The van der Waals surface area contributed by atoms with Gasteiger partial charge in [-0.2, -0.15) is 0 Å². The first kappa shape index (κ1) is 13.5. The molecule has 1 atom stereocenters. The highest BCUT2D eigenvalue weighted by Gasteiger charge is 2.42. The third-order valence-electron chi connectivity index (χ3n) is 2.29. The predicted octanol–water partition coefficient (Wildman–Crippen LogP) is 1.49. The number of hydrogen-bond acceptors (Lipinski definition) is 3. The minimum Gasteiger partial charge on any atom is -0.465 e. The lowest BCUT2D eigenvalue weighted by Gasteiger charge is -2.29. The van der Waals surface area contributed by atoms with Gasteiger partial charge in [-0.15, -0.1) is 0 Å². The van der Waals surface area contributed by atoms with Gasteiger partial charge in [0.2, 0.25) is 3.79 Å². The number of piperidine rings is 1. The number of alkyl halides is 3. The average Bonchev–Trinajstić information content (AvgIpc) is 2.15. The first-order chi connectivity index (χ1) is 7.23. The molecule has 5 nitrogen and oxygen atoms in total. The molecule has 90 valence electrons. The summed E-state index contributed by atoms with van der Waals surface area (Å²) in [6.07, 6.45) is -1.15. The molecule has 1 N–H and O–H groups in total. The van der Waals surface area contributed by atoms with Crippen molar-refractivity contribution in [3.05, 3.63) is 0 Å². The standard InChI is InChI=1S/C8H8Cl3NO4/c9-8(10,11)6(14)4-1-2-12(7(15)16)3-5(4)13/h4H,1-3H2,(H,15,16). The van der Waals surface area contributed by atoms with E-state index >= 15 is 0 Å². The predicted molar refractivity (Wildman–Crippen MR) is 58.0 cm³/mol. The van der Waals surface area contributed by atoms with E-state index < -0.39 is 27.4 Å². The molecule has 0 aromatic rings. The third-order valence-corrected chi connectivity index (χ3v) is 2.85. The third kappa shape index (κ3) is 2.99. The van der Waals surface area contributed by atoms with Crippen molar-refractivity contribution in [3.8, 4) is 0 Å². The maximum atomic E-state index is 11.5. The van der Waals surface area contributed by atoms with E-state index in [1.165, 1.54) is 0 Å². The Morgan fingerprint density at radius 3 is 2.31 bits per heavy atom. The summed E-state index contributed by atoms with van der Waals surface area (Å²) in [5.74, 6) is -2.36. The maximum absolute atomic E-state index is 11.5. The minimum absolute atomic E-state index is 0.0534. The molecule has 0 aromatic carbocycles. The number of carbonyl (C=O) groups is 3. The molecule has 0 aromatic heterocycles. The van der Waals surface area contributed by atoms with Crippen LogP contribution in [-0.2, 0) is 9.59 Å². The van der Waals surface area contributed by atoms with Gasteiger partial charge in [-0.1, -0.05) is 34.8 Å². The van der Waals surface area contributed by atoms with Crippen LogP contribution >= 0.6 is 34.8 Å². The highest BCUT2D eigenvalue weighted by molar-refractivity contribution is 6.76. The summed E-state index contributed by atoms with van der Waals surface area (Å²) >= 11 is 16.1. The Balaban J connectivity index is 2.72. The smallest absolute Gasteiger partial charge is 0.407 e. The van der Waals surface area contributed by atoms with Gasteiger partial charge in [-0.3, -0.25) is 9.59 Å². The number of nitrogens with zero attached hydrogens (tertiary/aromatic N) is 1. The molecule has 1 aliphatic rings. The number of Topliss-reactive ketones (excluding diaryl/α,β-unsaturated/α-hetero) is 2. The topological polar surface area (TPSA) is 74.7 Å². The van der Waals surface area contributed by atoms with E-state index in [2.05, 4.69) is 0 Å². The SMILES string of the molecule is O=C1CN(C(=O)O)CCC1C(=O)C(Cl)(Cl)Cl.